The molecule has 29 heavy (non-hydrogen) atoms. The van der Waals surface area contributed by atoms with Gasteiger partial charge in [-0.3, -0.25) is 9.59 Å². The number of ether oxygens (including phenoxy) is 1. The van der Waals surface area contributed by atoms with Crippen LogP contribution in [0.1, 0.15) is 11.6 Å². The van der Waals surface area contributed by atoms with E-state index in [4.69, 9.17) is 9.15 Å². The van der Waals surface area contributed by atoms with Crippen molar-refractivity contribution in [1.82, 2.24) is 5.32 Å². The van der Waals surface area contributed by atoms with Crippen LogP contribution in [0.5, 0.6) is 5.75 Å². The molecule has 0 spiro atoms. The van der Waals surface area contributed by atoms with Gasteiger partial charge in [-0.1, -0.05) is 42.5 Å². The molecule has 1 amide bonds. The molecular weight excluding hydrogens is 370 g/mol. The van der Waals surface area contributed by atoms with Gasteiger partial charge < -0.3 is 19.6 Å². The lowest BCUT2D eigenvalue weighted by atomic mass is 10.1. The Morgan fingerprint density at radius 2 is 1.69 bits per heavy atom. The molecule has 0 aliphatic carbocycles. The minimum absolute atomic E-state index is 0.111. The van der Waals surface area contributed by atoms with E-state index in [1.165, 1.54) is 0 Å². The SMILES string of the molecule is O=C(COc1ccc2c(=O)c3ccccc3oc2c1)N[C@@H](CO)c1ccccc1. The highest BCUT2D eigenvalue weighted by molar-refractivity contribution is 5.90. The van der Waals surface area contributed by atoms with Crippen molar-refractivity contribution in [2.24, 2.45) is 0 Å². The fraction of sp³-hybridized carbons (Fsp3) is 0.130. The largest absolute Gasteiger partial charge is 0.484 e. The van der Waals surface area contributed by atoms with Gasteiger partial charge in [-0.2, -0.15) is 0 Å². The Hall–Kier alpha value is -3.64. The molecule has 6 nitrogen and oxygen atoms in total. The van der Waals surface area contributed by atoms with Crippen LogP contribution < -0.4 is 15.5 Å². The lowest BCUT2D eigenvalue weighted by molar-refractivity contribution is -0.124. The number of carbonyl (C=O) groups excluding carboxylic acids is 1. The summed E-state index contributed by atoms with van der Waals surface area (Å²) in [5.41, 5.74) is 1.58. The van der Waals surface area contributed by atoms with Gasteiger partial charge in [0.1, 0.15) is 16.9 Å². The Morgan fingerprint density at radius 3 is 2.48 bits per heavy atom. The molecule has 0 saturated heterocycles. The Bertz CT molecular complexity index is 1220. The second-order valence-electron chi connectivity index (χ2n) is 6.59. The zero-order chi connectivity index (χ0) is 20.2. The number of aliphatic hydroxyl groups excluding tert-OH is 1. The van der Waals surface area contributed by atoms with E-state index in [0.29, 0.717) is 27.7 Å². The summed E-state index contributed by atoms with van der Waals surface area (Å²) in [4.78, 5) is 24.8. The molecule has 4 rings (SSSR count). The maximum atomic E-state index is 12.6. The predicted molar refractivity (Wildman–Crippen MR) is 110 cm³/mol. The normalized spacial score (nSPS) is 12.0. The van der Waals surface area contributed by atoms with E-state index in [0.717, 1.165) is 5.56 Å². The van der Waals surface area contributed by atoms with E-state index in [1.807, 2.05) is 30.3 Å². The molecule has 1 atom stereocenters. The second kappa shape index (κ2) is 8.16. The molecule has 0 aliphatic heterocycles. The van der Waals surface area contributed by atoms with Gasteiger partial charge >= 0.3 is 0 Å². The van der Waals surface area contributed by atoms with Crippen LogP contribution in [0, 0.1) is 0 Å². The molecule has 146 valence electrons. The van der Waals surface area contributed by atoms with Crippen molar-refractivity contribution in [1.29, 1.82) is 0 Å². The van der Waals surface area contributed by atoms with Crippen LogP contribution in [0.4, 0.5) is 0 Å². The summed E-state index contributed by atoms with van der Waals surface area (Å²) in [5, 5.41) is 13.2. The van der Waals surface area contributed by atoms with Crippen LogP contribution in [0.2, 0.25) is 0 Å². The second-order valence-corrected chi connectivity index (χ2v) is 6.59. The molecule has 1 aromatic heterocycles. The first-order valence-electron chi connectivity index (χ1n) is 9.19. The smallest absolute Gasteiger partial charge is 0.258 e. The molecule has 2 N–H and O–H groups in total. The minimum Gasteiger partial charge on any atom is -0.484 e. The van der Waals surface area contributed by atoms with Gasteiger partial charge in [0.25, 0.3) is 5.91 Å². The van der Waals surface area contributed by atoms with Gasteiger partial charge in [0.05, 0.1) is 23.4 Å². The lowest BCUT2D eigenvalue weighted by Gasteiger charge is -2.17. The maximum absolute atomic E-state index is 12.6. The standard InChI is InChI=1S/C23H19NO5/c25-13-19(15-6-2-1-3-7-15)24-22(26)14-28-16-10-11-18-21(12-16)29-20-9-5-4-8-17(20)23(18)27/h1-12,19,25H,13-14H2,(H,24,26)/t19-/m0/s1. The highest BCUT2D eigenvalue weighted by Crippen LogP contribution is 2.23. The number of amides is 1. The average molecular weight is 389 g/mol. The first-order valence-corrected chi connectivity index (χ1v) is 9.19. The third-order valence-corrected chi connectivity index (χ3v) is 4.64. The van der Waals surface area contributed by atoms with Crippen molar-refractivity contribution < 1.29 is 19.1 Å². The van der Waals surface area contributed by atoms with Crippen LogP contribution in [-0.4, -0.2) is 24.2 Å². The van der Waals surface area contributed by atoms with E-state index >= 15 is 0 Å². The molecule has 3 aromatic carbocycles. The Labute approximate surface area is 166 Å². The quantitative estimate of drug-likeness (QED) is 0.495. The van der Waals surface area contributed by atoms with Gasteiger partial charge in [0, 0.05) is 6.07 Å². The molecule has 0 saturated carbocycles. The van der Waals surface area contributed by atoms with Crippen molar-refractivity contribution >= 4 is 27.8 Å². The Kier molecular flexibility index (Phi) is 5.27. The maximum Gasteiger partial charge on any atom is 0.258 e. The number of fused-ring (bicyclic) bond motifs is 2. The summed E-state index contributed by atoms with van der Waals surface area (Å²) >= 11 is 0. The average Bonchev–Trinajstić information content (AvgIpc) is 2.76. The van der Waals surface area contributed by atoms with Crippen LogP contribution in [0.15, 0.2) is 82.0 Å². The third kappa shape index (κ3) is 3.97. The number of carbonyl (C=O) groups is 1. The monoisotopic (exact) mass is 389 g/mol. The van der Waals surface area contributed by atoms with E-state index in [-0.39, 0.29) is 24.5 Å². The van der Waals surface area contributed by atoms with E-state index in [1.54, 1.807) is 42.5 Å². The fourth-order valence-electron chi connectivity index (χ4n) is 3.18. The Morgan fingerprint density at radius 1 is 0.966 bits per heavy atom. The van der Waals surface area contributed by atoms with Crippen LogP contribution in [-0.2, 0) is 4.79 Å². The van der Waals surface area contributed by atoms with Crippen LogP contribution >= 0.6 is 0 Å². The van der Waals surface area contributed by atoms with Crippen molar-refractivity contribution in [3.05, 3.63) is 88.6 Å². The topological polar surface area (TPSA) is 88.8 Å². The van der Waals surface area contributed by atoms with E-state index < -0.39 is 6.04 Å². The summed E-state index contributed by atoms with van der Waals surface area (Å²) < 4.78 is 11.4. The summed E-state index contributed by atoms with van der Waals surface area (Å²) in [6.07, 6.45) is 0. The number of hydrogen-bond acceptors (Lipinski definition) is 5. The summed E-state index contributed by atoms with van der Waals surface area (Å²) in [6, 6.07) is 20.6. The molecule has 6 heteroatoms. The Balaban J connectivity index is 1.48. The van der Waals surface area contributed by atoms with E-state index in [2.05, 4.69) is 5.32 Å². The van der Waals surface area contributed by atoms with Crippen LogP contribution in [0.3, 0.4) is 0 Å². The van der Waals surface area contributed by atoms with Gasteiger partial charge in [0.15, 0.2) is 6.61 Å². The highest BCUT2D eigenvalue weighted by atomic mass is 16.5. The number of aliphatic hydroxyl groups is 1. The zero-order valence-electron chi connectivity index (χ0n) is 15.5. The molecule has 0 aliphatic rings. The van der Waals surface area contributed by atoms with Gasteiger partial charge in [-0.25, -0.2) is 0 Å². The molecule has 0 radical (unpaired) electrons. The van der Waals surface area contributed by atoms with Crippen molar-refractivity contribution in [2.75, 3.05) is 13.2 Å². The number of rotatable bonds is 6. The van der Waals surface area contributed by atoms with E-state index in [9.17, 15) is 14.7 Å². The van der Waals surface area contributed by atoms with Gasteiger partial charge in [-0.05, 0) is 29.8 Å². The fourth-order valence-corrected chi connectivity index (χ4v) is 3.18. The molecule has 0 fully saturated rings. The van der Waals surface area contributed by atoms with Crippen molar-refractivity contribution in [3.8, 4) is 5.75 Å². The molecule has 0 unspecified atom stereocenters. The zero-order valence-corrected chi connectivity index (χ0v) is 15.5. The number of para-hydroxylation sites is 1. The van der Waals surface area contributed by atoms with Crippen molar-refractivity contribution in [3.63, 3.8) is 0 Å². The third-order valence-electron chi connectivity index (χ3n) is 4.64. The number of nitrogens with one attached hydrogen (secondary N) is 1. The van der Waals surface area contributed by atoms with Gasteiger partial charge in [0.2, 0.25) is 5.43 Å². The predicted octanol–water partition coefficient (Wildman–Crippen LogP) is 3.17. The van der Waals surface area contributed by atoms with Crippen molar-refractivity contribution in [2.45, 2.75) is 6.04 Å². The first kappa shape index (κ1) is 18.7. The molecular formula is C23H19NO5. The van der Waals surface area contributed by atoms with Crippen LogP contribution in [0.25, 0.3) is 21.9 Å². The lowest BCUT2D eigenvalue weighted by Crippen LogP contribution is -2.34. The summed E-state index contributed by atoms with van der Waals surface area (Å²) in [6.45, 7) is -0.448. The van der Waals surface area contributed by atoms with Gasteiger partial charge in [-0.15, -0.1) is 0 Å². The minimum atomic E-state index is -0.506. The highest BCUT2D eigenvalue weighted by Gasteiger charge is 2.14. The summed E-state index contributed by atoms with van der Waals surface area (Å²) in [7, 11) is 0. The first-order chi connectivity index (χ1) is 14.2. The molecule has 1 heterocycles. The summed E-state index contributed by atoms with van der Waals surface area (Å²) in [5.74, 6) is 0.0410. The number of hydrogen-bond donors (Lipinski definition) is 2. The number of benzene rings is 3. The molecule has 0 bridgehead atoms. The molecule has 4 aromatic rings.